The molecule has 0 bridgehead atoms. The van der Waals surface area contributed by atoms with Crippen LogP contribution in [-0.2, 0) is 14.3 Å². The molecule has 1 aromatic carbocycles. The number of halogens is 1. The zero-order chi connectivity index (χ0) is 15.2. The zero-order valence-corrected chi connectivity index (χ0v) is 12.2. The third-order valence-electron chi connectivity index (χ3n) is 3.27. The van der Waals surface area contributed by atoms with Crippen molar-refractivity contribution in [2.24, 2.45) is 0 Å². The minimum absolute atomic E-state index is 0.0429. The van der Waals surface area contributed by atoms with Crippen LogP contribution in [0.5, 0.6) is 0 Å². The van der Waals surface area contributed by atoms with E-state index in [9.17, 15) is 14.4 Å². The number of amides is 1. The average Bonchev–Trinajstić information content (AvgIpc) is 2.48. The Bertz CT molecular complexity index is 541. The molecule has 1 N–H and O–H groups in total. The topological polar surface area (TPSA) is 72.5 Å². The molecule has 0 unspecified atom stereocenters. The smallest absolute Gasteiger partial charge is 0.326 e. The fraction of sp³-hybridized carbons (Fsp3) is 0.400. The van der Waals surface area contributed by atoms with Gasteiger partial charge in [-0.2, -0.15) is 0 Å². The van der Waals surface area contributed by atoms with Gasteiger partial charge in [0.15, 0.2) is 11.9 Å². The second kappa shape index (κ2) is 7.22. The molecule has 112 valence electrons. The summed E-state index contributed by atoms with van der Waals surface area (Å²) < 4.78 is 5.08. The number of benzene rings is 1. The molecular formula is C15H16ClNO4. The van der Waals surface area contributed by atoms with E-state index in [1.807, 2.05) is 0 Å². The highest BCUT2D eigenvalue weighted by Gasteiger charge is 2.25. The highest BCUT2D eigenvalue weighted by molar-refractivity contribution is 6.30. The number of nitrogens with one attached hydrogen (secondary N) is 1. The van der Waals surface area contributed by atoms with Crippen LogP contribution in [0.15, 0.2) is 24.3 Å². The lowest BCUT2D eigenvalue weighted by atomic mass is 9.96. The molecule has 0 aliphatic heterocycles. The Kier molecular flexibility index (Phi) is 5.33. The molecule has 1 amide bonds. The Hall–Kier alpha value is -1.88. The van der Waals surface area contributed by atoms with E-state index < -0.39 is 18.0 Å². The molecule has 1 fully saturated rings. The van der Waals surface area contributed by atoms with Crippen LogP contribution in [0.1, 0.15) is 36.0 Å². The predicted octanol–water partition coefficient (Wildman–Crippen LogP) is 2.12. The van der Waals surface area contributed by atoms with Gasteiger partial charge in [-0.3, -0.25) is 14.4 Å². The van der Waals surface area contributed by atoms with Gasteiger partial charge in [0.2, 0.25) is 0 Å². The van der Waals surface area contributed by atoms with Gasteiger partial charge in [0, 0.05) is 17.0 Å². The first-order valence-electron chi connectivity index (χ1n) is 6.82. The Labute approximate surface area is 127 Å². The van der Waals surface area contributed by atoms with Gasteiger partial charge in [-0.05, 0) is 43.5 Å². The zero-order valence-electron chi connectivity index (χ0n) is 11.4. The van der Waals surface area contributed by atoms with Crippen LogP contribution in [0.4, 0.5) is 0 Å². The van der Waals surface area contributed by atoms with Crippen molar-refractivity contribution in [2.45, 2.75) is 31.8 Å². The van der Waals surface area contributed by atoms with Gasteiger partial charge in [0.05, 0.1) is 0 Å². The summed E-state index contributed by atoms with van der Waals surface area (Å²) in [5.41, 5.74) is 0.404. The molecule has 5 nitrogen and oxygen atoms in total. The first-order valence-corrected chi connectivity index (χ1v) is 7.20. The summed E-state index contributed by atoms with van der Waals surface area (Å²) in [6.45, 7) is -0.259. The molecule has 0 radical (unpaired) electrons. The molecule has 1 aromatic rings. The molecule has 0 saturated heterocycles. The van der Waals surface area contributed by atoms with Gasteiger partial charge >= 0.3 is 5.97 Å². The number of carbonyl (C=O) groups excluding carboxylic acids is 3. The van der Waals surface area contributed by atoms with E-state index in [-0.39, 0.29) is 12.3 Å². The maximum Gasteiger partial charge on any atom is 0.326 e. The first-order chi connectivity index (χ1) is 10.1. The molecule has 1 aliphatic rings. The van der Waals surface area contributed by atoms with Crippen LogP contribution in [0, 0.1) is 0 Å². The highest BCUT2D eigenvalue weighted by atomic mass is 35.5. The Balaban J connectivity index is 1.79. The largest absolute Gasteiger partial charge is 0.453 e. The van der Waals surface area contributed by atoms with E-state index in [2.05, 4.69) is 5.32 Å². The molecule has 21 heavy (non-hydrogen) atoms. The summed E-state index contributed by atoms with van der Waals surface area (Å²) in [7, 11) is 0. The van der Waals surface area contributed by atoms with Crippen molar-refractivity contribution in [3.63, 3.8) is 0 Å². The van der Waals surface area contributed by atoms with Gasteiger partial charge < -0.3 is 10.1 Å². The van der Waals surface area contributed by atoms with Crippen molar-refractivity contribution >= 4 is 29.3 Å². The number of carbonyl (C=O) groups is 3. The van der Waals surface area contributed by atoms with E-state index in [1.165, 1.54) is 0 Å². The highest BCUT2D eigenvalue weighted by Crippen LogP contribution is 2.17. The van der Waals surface area contributed by atoms with Crippen molar-refractivity contribution in [2.75, 3.05) is 6.54 Å². The van der Waals surface area contributed by atoms with E-state index >= 15 is 0 Å². The maximum absolute atomic E-state index is 11.8. The average molecular weight is 310 g/mol. The third-order valence-corrected chi connectivity index (χ3v) is 3.52. The first kappa shape index (κ1) is 15.5. The van der Waals surface area contributed by atoms with Gasteiger partial charge in [-0.25, -0.2) is 0 Å². The molecule has 0 aromatic heterocycles. The standard InChI is InChI=1S/C15H16ClNO4/c16-11-7-5-10(6-8-11)15(20)17-9-14(19)21-13-4-2-1-3-12(13)18/h5-8,13H,1-4,9H2,(H,17,20)/t13-/m0/s1. The fourth-order valence-electron chi connectivity index (χ4n) is 2.13. The minimum atomic E-state index is -0.654. The molecule has 1 saturated carbocycles. The van der Waals surface area contributed by atoms with Crippen molar-refractivity contribution in [1.82, 2.24) is 5.32 Å². The lowest BCUT2D eigenvalue weighted by molar-refractivity contribution is -0.155. The molecule has 1 aliphatic carbocycles. The molecule has 0 heterocycles. The third kappa shape index (κ3) is 4.56. The maximum atomic E-state index is 11.8. The van der Waals surface area contributed by atoms with Crippen LogP contribution in [0.3, 0.4) is 0 Å². The Morgan fingerprint density at radius 3 is 2.62 bits per heavy atom. The number of ketones is 1. The molecular weight excluding hydrogens is 294 g/mol. The van der Waals surface area contributed by atoms with Gasteiger partial charge in [-0.1, -0.05) is 11.6 Å². The normalized spacial score (nSPS) is 18.1. The van der Waals surface area contributed by atoms with Gasteiger partial charge in [0.25, 0.3) is 5.91 Å². The van der Waals surface area contributed by atoms with Gasteiger partial charge in [-0.15, -0.1) is 0 Å². The number of rotatable bonds is 4. The summed E-state index contributed by atoms with van der Waals surface area (Å²) in [4.78, 5) is 35.0. The predicted molar refractivity (Wildman–Crippen MR) is 77.1 cm³/mol. The van der Waals surface area contributed by atoms with Crippen LogP contribution < -0.4 is 5.32 Å². The minimum Gasteiger partial charge on any atom is -0.453 e. The van der Waals surface area contributed by atoms with Crippen molar-refractivity contribution < 1.29 is 19.1 Å². The Morgan fingerprint density at radius 2 is 1.95 bits per heavy atom. The van der Waals surface area contributed by atoms with Crippen LogP contribution >= 0.6 is 11.6 Å². The summed E-state index contributed by atoms with van der Waals surface area (Å²) in [6, 6.07) is 6.31. The monoisotopic (exact) mass is 309 g/mol. The summed E-state index contributed by atoms with van der Waals surface area (Å²) in [6.07, 6.45) is 2.09. The molecule has 6 heteroatoms. The lowest BCUT2D eigenvalue weighted by Crippen LogP contribution is -2.36. The number of ether oxygens (including phenoxy) is 1. The lowest BCUT2D eigenvalue weighted by Gasteiger charge is -2.20. The second-order valence-corrected chi connectivity index (χ2v) is 5.32. The molecule has 2 rings (SSSR count). The number of Topliss-reactive ketones (excluding diaryl/α,β-unsaturated/α-hetero) is 1. The van der Waals surface area contributed by atoms with Crippen molar-refractivity contribution in [1.29, 1.82) is 0 Å². The SMILES string of the molecule is O=C(CNC(=O)c1ccc(Cl)cc1)O[C@H]1CCCCC1=O. The number of hydrogen-bond acceptors (Lipinski definition) is 4. The fourth-order valence-corrected chi connectivity index (χ4v) is 2.26. The van der Waals surface area contributed by atoms with Crippen LogP contribution in [0.2, 0.25) is 5.02 Å². The number of hydrogen-bond donors (Lipinski definition) is 1. The molecule has 1 atom stereocenters. The van der Waals surface area contributed by atoms with Crippen molar-refractivity contribution in [3.8, 4) is 0 Å². The van der Waals surface area contributed by atoms with Crippen molar-refractivity contribution in [3.05, 3.63) is 34.9 Å². The molecule has 0 spiro atoms. The second-order valence-electron chi connectivity index (χ2n) is 4.88. The van der Waals surface area contributed by atoms with E-state index in [0.29, 0.717) is 23.4 Å². The summed E-state index contributed by atoms with van der Waals surface area (Å²) >= 11 is 5.73. The quantitative estimate of drug-likeness (QED) is 0.865. The van der Waals surface area contributed by atoms with Crippen LogP contribution in [-0.4, -0.2) is 30.3 Å². The summed E-state index contributed by atoms with van der Waals surface area (Å²) in [5, 5.41) is 2.98. The van der Waals surface area contributed by atoms with E-state index in [1.54, 1.807) is 24.3 Å². The van der Waals surface area contributed by atoms with E-state index in [4.69, 9.17) is 16.3 Å². The Morgan fingerprint density at radius 1 is 1.24 bits per heavy atom. The summed E-state index contributed by atoms with van der Waals surface area (Å²) in [5.74, 6) is -1.03. The van der Waals surface area contributed by atoms with E-state index in [0.717, 1.165) is 12.8 Å². The number of esters is 1. The van der Waals surface area contributed by atoms with Crippen LogP contribution in [0.25, 0.3) is 0 Å². The van der Waals surface area contributed by atoms with Gasteiger partial charge in [0.1, 0.15) is 6.54 Å².